The van der Waals surface area contributed by atoms with Gasteiger partial charge in [-0.15, -0.1) is 0 Å². The highest BCUT2D eigenvalue weighted by Gasteiger charge is 2.28. The van der Waals surface area contributed by atoms with Gasteiger partial charge in [-0.1, -0.05) is 17.7 Å². The van der Waals surface area contributed by atoms with Crippen molar-refractivity contribution in [1.29, 1.82) is 0 Å². The summed E-state index contributed by atoms with van der Waals surface area (Å²) >= 11 is 0. The van der Waals surface area contributed by atoms with Crippen molar-refractivity contribution in [2.45, 2.75) is 18.2 Å². The molecule has 26 heavy (non-hydrogen) atoms. The van der Waals surface area contributed by atoms with E-state index in [4.69, 9.17) is 0 Å². The van der Waals surface area contributed by atoms with Gasteiger partial charge in [0, 0.05) is 65.3 Å². The lowest BCUT2D eigenvalue weighted by atomic mass is 10.2. The van der Waals surface area contributed by atoms with Gasteiger partial charge in [0.15, 0.2) is 0 Å². The fourth-order valence-electron chi connectivity index (χ4n) is 3.38. The van der Waals surface area contributed by atoms with Gasteiger partial charge in [0.25, 0.3) is 0 Å². The van der Waals surface area contributed by atoms with Crippen molar-refractivity contribution in [2.24, 2.45) is 0 Å². The molecule has 1 N–H and O–H groups in total. The number of carbonyl (C=O) groups is 1. The van der Waals surface area contributed by atoms with Crippen LogP contribution in [0.3, 0.4) is 0 Å². The predicted molar refractivity (Wildman–Crippen MR) is 100 cm³/mol. The highest BCUT2D eigenvalue weighted by Crippen LogP contribution is 2.18. The Morgan fingerprint density at radius 3 is 2.23 bits per heavy atom. The first-order chi connectivity index (χ1) is 12.5. The molecule has 8 heteroatoms. The Labute approximate surface area is 156 Å². The maximum absolute atomic E-state index is 12.7. The van der Waals surface area contributed by atoms with Gasteiger partial charge >= 0.3 is 0 Å². The van der Waals surface area contributed by atoms with E-state index >= 15 is 0 Å². The number of hydrogen-bond acceptors (Lipinski definition) is 5. The van der Waals surface area contributed by atoms with Gasteiger partial charge in [0.05, 0.1) is 4.90 Å². The van der Waals surface area contributed by atoms with E-state index in [1.54, 1.807) is 16.4 Å². The third-order valence-corrected chi connectivity index (χ3v) is 7.01. The van der Waals surface area contributed by atoms with Crippen LogP contribution in [0.5, 0.6) is 0 Å². The number of sulfonamides is 1. The van der Waals surface area contributed by atoms with Crippen molar-refractivity contribution in [3.63, 3.8) is 0 Å². The number of amides is 1. The molecule has 1 aromatic carbocycles. The molecule has 2 fully saturated rings. The Morgan fingerprint density at radius 2 is 1.62 bits per heavy atom. The molecule has 0 aromatic heterocycles. The molecular formula is C18H28N4O3S. The molecule has 7 nitrogen and oxygen atoms in total. The van der Waals surface area contributed by atoms with Crippen LogP contribution in [0.4, 0.5) is 0 Å². The Balaban J connectivity index is 1.47. The number of hydrogen-bond donors (Lipinski definition) is 1. The summed E-state index contributed by atoms with van der Waals surface area (Å²) in [5.74, 6) is 0.196. The smallest absolute Gasteiger partial charge is 0.243 e. The lowest BCUT2D eigenvalue weighted by molar-refractivity contribution is -0.132. The van der Waals surface area contributed by atoms with E-state index in [2.05, 4.69) is 10.2 Å². The second-order valence-electron chi connectivity index (χ2n) is 6.94. The van der Waals surface area contributed by atoms with Crippen LogP contribution in [0.15, 0.2) is 29.2 Å². The summed E-state index contributed by atoms with van der Waals surface area (Å²) in [6, 6.07) is 6.99. The molecule has 3 rings (SSSR count). The third-order valence-electron chi connectivity index (χ3n) is 5.10. The summed E-state index contributed by atoms with van der Waals surface area (Å²) in [5.41, 5.74) is 1.04. The highest BCUT2D eigenvalue weighted by molar-refractivity contribution is 7.89. The fourth-order valence-corrected chi connectivity index (χ4v) is 4.80. The van der Waals surface area contributed by atoms with Crippen LogP contribution in [-0.4, -0.2) is 87.3 Å². The summed E-state index contributed by atoms with van der Waals surface area (Å²) in [6.45, 7) is 8.19. The molecule has 1 amide bonds. The molecule has 0 saturated carbocycles. The molecule has 2 aliphatic heterocycles. The molecular weight excluding hydrogens is 352 g/mol. The molecule has 2 heterocycles. The largest absolute Gasteiger partial charge is 0.340 e. The minimum atomic E-state index is -3.43. The highest BCUT2D eigenvalue weighted by atomic mass is 32.2. The van der Waals surface area contributed by atoms with Gasteiger partial charge in [-0.3, -0.25) is 4.79 Å². The van der Waals surface area contributed by atoms with Gasteiger partial charge in [-0.25, -0.2) is 8.42 Å². The lowest BCUT2D eigenvalue weighted by Crippen LogP contribution is -2.50. The second kappa shape index (κ2) is 8.47. The van der Waals surface area contributed by atoms with Crippen LogP contribution in [0.1, 0.15) is 12.0 Å². The lowest BCUT2D eigenvalue weighted by Gasteiger charge is -2.34. The van der Waals surface area contributed by atoms with Crippen molar-refractivity contribution < 1.29 is 13.2 Å². The summed E-state index contributed by atoms with van der Waals surface area (Å²) < 4.78 is 27.0. The van der Waals surface area contributed by atoms with E-state index in [0.717, 1.165) is 31.7 Å². The van der Waals surface area contributed by atoms with E-state index in [9.17, 15) is 13.2 Å². The zero-order chi connectivity index (χ0) is 18.6. The standard InChI is InChI=1S/C18H28N4O3S/c1-16-2-4-17(5-3-16)26(24,25)22-14-12-20(13-15-22)9-6-18(23)21-10-7-19-8-11-21/h2-5,19H,6-15H2,1H3. The number of nitrogens with one attached hydrogen (secondary N) is 1. The maximum Gasteiger partial charge on any atom is 0.243 e. The van der Waals surface area contributed by atoms with Gasteiger partial charge in [-0.05, 0) is 19.1 Å². The average Bonchev–Trinajstić information content (AvgIpc) is 2.67. The molecule has 2 aliphatic rings. The molecule has 0 bridgehead atoms. The first kappa shape index (κ1) is 19.3. The van der Waals surface area contributed by atoms with Gasteiger partial charge in [-0.2, -0.15) is 4.31 Å². The number of aryl methyl sites for hydroxylation is 1. The summed E-state index contributed by atoms with van der Waals surface area (Å²) in [4.78, 5) is 16.7. The molecule has 2 saturated heterocycles. The second-order valence-corrected chi connectivity index (χ2v) is 8.88. The van der Waals surface area contributed by atoms with E-state index in [-0.39, 0.29) is 5.91 Å². The van der Waals surface area contributed by atoms with Crippen molar-refractivity contribution >= 4 is 15.9 Å². The van der Waals surface area contributed by atoms with E-state index in [1.807, 2.05) is 24.0 Å². The quantitative estimate of drug-likeness (QED) is 0.786. The SMILES string of the molecule is Cc1ccc(S(=O)(=O)N2CCN(CCC(=O)N3CCNCC3)CC2)cc1. The molecule has 0 radical (unpaired) electrons. The Hall–Kier alpha value is -1.48. The number of benzene rings is 1. The summed E-state index contributed by atoms with van der Waals surface area (Å²) in [7, 11) is -3.43. The average molecular weight is 381 g/mol. The minimum absolute atomic E-state index is 0.196. The number of piperazine rings is 2. The molecule has 144 valence electrons. The van der Waals surface area contributed by atoms with Gasteiger partial charge in [0.2, 0.25) is 15.9 Å². The van der Waals surface area contributed by atoms with Crippen LogP contribution >= 0.6 is 0 Å². The van der Waals surface area contributed by atoms with Crippen molar-refractivity contribution in [2.75, 3.05) is 58.9 Å². The van der Waals surface area contributed by atoms with Crippen LogP contribution in [-0.2, 0) is 14.8 Å². The Bertz CT molecular complexity index is 706. The van der Waals surface area contributed by atoms with Crippen LogP contribution in [0.25, 0.3) is 0 Å². The number of rotatable bonds is 5. The number of carbonyl (C=O) groups excluding carboxylic acids is 1. The predicted octanol–water partition coefficient (Wildman–Crippen LogP) is 0.123. The van der Waals surface area contributed by atoms with Gasteiger partial charge < -0.3 is 15.1 Å². The van der Waals surface area contributed by atoms with Crippen molar-refractivity contribution in [3.05, 3.63) is 29.8 Å². The van der Waals surface area contributed by atoms with Crippen LogP contribution in [0.2, 0.25) is 0 Å². The molecule has 0 unspecified atom stereocenters. The van der Waals surface area contributed by atoms with E-state index in [1.165, 1.54) is 0 Å². The molecule has 0 aliphatic carbocycles. The van der Waals surface area contributed by atoms with E-state index in [0.29, 0.717) is 44.0 Å². The van der Waals surface area contributed by atoms with Crippen molar-refractivity contribution in [1.82, 2.24) is 19.4 Å². The molecule has 1 aromatic rings. The van der Waals surface area contributed by atoms with Crippen LogP contribution < -0.4 is 5.32 Å². The first-order valence-electron chi connectivity index (χ1n) is 9.24. The first-order valence-corrected chi connectivity index (χ1v) is 10.7. The fraction of sp³-hybridized carbons (Fsp3) is 0.611. The Morgan fingerprint density at radius 1 is 1.00 bits per heavy atom. The topological polar surface area (TPSA) is 73.0 Å². The monoisotopic (exact) mass is 380 g/mol. The summed E-state index contributed by atoms with van der Waals surface area (Å²) in [6.07, 6.45) is 0.505. The van der Waals surface area contributed by atoms with E-state index < -0.39 is 10.0 Å². The van der Waals surface area contributed by atoms with Gasteiger partial charge in [0.1, 0.15) is 0 Å². The number of nitrogens with zero attached hydrogens (tertiary/aromatic N) is 3. The van der Waals surface area contributed by atoms with Crippen LogP contribution in [0, 0.1) is 6.92 Å². The Kier molecular flexibility index (Phi) is 6.29. The zero-order valence-corrected chi connectivity index (χ0v) is 16.2. The molecule has 0 spiro atoms. The maximum atomic E-state index is 12.7. The third kappa shape index (κ3) is 4.62. The van der Waals surface area contributed by atoms with Crippen molar-refractivity contribution in [3.8, 4) is 0 Å². The minimum Gasteiger partial charge on any atom is -0.340 e. The molecule has 0 atom stereocenters. The normalized spacial score (nSPS) is 20.3. The zero-order valence-electron chi connectivity index (χ0n) is 15.4. The summed E-state index contributed by atoms with van der Waals surface area (Å²) in [5, 5.41) is 3.24.